The van der Waals surface area contributed by atoms with Crippen molar-refractivity contribution in [2.45, 2.75) is 6.42 Å². The lowest BCUT2D eigenvalue weighted by Crippen LogP contribution is -2.20. The zero-order valence-electron chi connectivity index (χ0n) is 11.5. The average Bonchev–Trinajstić information content (AvgIpc) is 2.93. The van der Waals surface area contributed by atoms with Gasteiger partial charge in [0.05, 0.1) is 7.11 Å². The summed E-state index contributed by atoms with van der Waals surface area (Å²) in [5.41, 5.74) is 5.43. The van der Waals surface area contributed by atoms with Crippen LogP contribution in [0.4, 0.5) is 5.13 Å². The summed E-state index contributed by atoms with van der Waals surface area (Å²) < 4.78 is 10.6. The van der Waals surface area contributed by atoms with E-state index in [1.807, 2.05) is 6.07 Å². The number of para-hydroxylation sites is 2. The molecule has 0 atom stereocenters. The van der Waals surface area contributed by atoms with Crippen LogP contribution in [-0.2, 0) is 11.2 Å². The summed E-state index contributed by atoms with van der Waals surface area (Å²) in [6, 6.07) is 7.12. The van der Waals surface area contributed by atoms with Crippen LogP contribution in [0.3, 0.4) is 0 Å². The van der Waals surface area contributed by atoms with E-state index in [1.165, 1.54) is 11.3 Å². The smallest absolute Gasteiger partial charge is 0.264 e. The predicted octanol–water partition coefficient (Wildman–Crippen LogP) is 1.07. The summed E-state index contributed by atoms with van der Waals surface area (Å²) in [4.78, 5) is 11.8. The normalized spacial score (nSPS) is 10.2. The lowest BCUT2D eigenvalue weighted by molar-refractivity contribution is -0.118. The first kappa shape index (κ1) is 15.2. The summed E-state index contributed by atoms with van der Waals surface area (Å²) in [5.74, 6) is 0.777. The standard InChI is InChI=1S/C13H16N4O3S/c1-19-9-4-2-3-5-10(9)20-8-11(18)15-13-17-16-12(21-13)6-7-14/h2-5H,6-8,14H2,1H3,(H,15,17,18). The number of carbonyl (C=O) groups is 1. The van der Waals surface area contributed by atoms with Crippen molar-refractivity contribution < 1.29 is 14.3 Å². The highest BCUT2D eigenvalue weighted by Gasteiger charge is 2.10. The highest BCUT2D eigenvalue weighted by atomic mass is 32.1. The van der Waals surface area contributed by atoms with Gasteiger partial charge in [-0.3, -0.25) is 10.1 Å². The van der Waals surface area contributed by atoms with E-state index in [4.69, 9.17) is 15.2 Å². The van der Waals surface area contributed by atoms with E-state index in [0.717, 1.165) is 5.01 Å². The number of nitrogens with zero attached hydrogens (tertiary/aromatic N) is 2. The fourth-order valence-electron chi connectivity index (χ4n) is 1.57. The van der Waals surface area contributed by atoms with Crippen LogP contribution in [0.15, 0.2) is 24.3 Å². The van der Waals surface area contributed by atoms with E-state index < -0.39 is 0 Å². The first-order chi connectivity index (χ1) is 10.2. The molecule has 0 unspecified atom stereocenters. The van der Waals surface area contributed by atoms with E-state index >= 15 is 0 Å². The van der Waals surface area contributed by atoms with Gasteiger partial charge in [0.1, 0.15) is 5.01 Å². The molecule has 2 aromatic rings. The maximum Gasteiger partial charge on any atom is 0.264 e. The maximum absolute atomic E-state index is 11.8. The Morgan fingerprint density at radius 2 is 2.10 bits per heavy atom. The molecule has 0 aliphatic heterocycles. The van der Waals surface area contributed by atoms with E-state index in [2.05, 4.69) is 15.5 Å². The number of ether oxygens (including phenoxy) is 2. The lowest BCUT2D eigenvalue weighted by Gasteiger charge is -2.09. The molecular formula is C13H16N4O3S. The number of nitrogens with one attached hydrogen (secondary N) is 1. The second kappa shape index (κ2) is 7.55. The van der Waals surface area contributed by atoms with Crippen LogP contribution in [0.1, 0.15) is 5.01 Å². The summed E-state index contributed by atoms with van der Waals surface area (Å²) >= 11 is 1.30. The van der Waals surface area contributed by atoms with Gasteiger partial charge >= 0.3 is 0 Å². The molecule has 0 radical (unpaired) electrons. The van der Waals surface area contributed by atoms with Gasteiger partial charge in [0.2, 0.25) is 5.13 Å². The van der Waals surface area contributed by atoms with Crippen LogP contribution in [0.2, 0.25) is 0 Å². The summed E-state index contributed by atoms with van der Waals surface area (Å²) in [7, 11) is 1.54. The van der Waals surface area contributed by atoms with Crippen LogP contribution in [0.5, 0.6) is 11.5 Å². The van der Waals surface area contributed by atoms with E-state index in [9.17, 15) is 4.79 Å². The van der Waals surface area contributed by atoms with E-state index in [0.29, 0.717) is 29.6 Å². The third-order valence-corrected chi connectivity index (χ3v) is 3.40. The number of methoxy groups -OCH3 is 1. The van der Waals surface area contributed by atoms with E-state index in [1.54, 1.807) is 25.3 Å². The SMILES string of the molecule is COc1ccccc1OCC(=O)Nc1nnc(CCN)s1. The van der Waals surface area contributed by atoms with Gasteiger partial charge in [0.15, 0.2) is 18.1 Å². The molecule has 1 aromatic carbocycles. The zero-order chi connectivity index (χ0) is 15.1. The minimum absolute atomic E-state index is 0.133. The Kier molecular flexibility index (Phi) is 5.47. The molecule has 0 aliphatic rings. The molecule has 0 fully saturated rings. The quantitative estimate of drug-likeness (QED) is 0.793. The highest BCUT2D eigenvalue weighted by molar-refractivity contribution is 7.15. The van der Waals surface area contributed by atoms with E-state index in [-0.39, 0.29) is 12.5 Å². The Morgan fingerprint density at radius 1 is 1.33 bits per heavy atom. The van der Waals surface area contributed by atoms with Crippen molar-refractivity contribution in [3.63, 3.8) is 0 Å². The van der Waals surface area contributed by atoms with Crippen molar-refractivity contribution in [3.05, 3.63) is 29.3 Å². The van der Waals surface area contributed by atoms with Gasteiger partial charge in [-0.15, -0.1) is 10.2 Å². The number of carbonyl (C=O) groups excluding carboxylic acids is 1. The molecule has 7 nitrogen and oxygen atoms in total. The van der Waals surface area contributed by atoms with Gasteiger partial charge < -0.3 is 15.2 Å². The molecule has 1 amide bonds. The monoisotopic (exact) mass is 308 g/mol. The number of aromatic nitrogens is 2. The number of nitrogens with two attached hydrogens (primary N) is 1. The van der Waals surface area contributed by atoms with Crippen molar-refractivity contribution in [1.82, 2.24) is 10.2 Å². The molecule has 112 valence electrons. The average molecular weight is 308 g/mol. The first-order valence-electron chi connectivity index (χ1n) is 6.31. The molecule has 0 saturated heterocycles. The molecular weight excluding hydrogens is 292 g/mol. The van der Waals surface area contributed by atoms with Crippen LogP contribution in [0, 0.1) is 0 Å². The Labute approximate surface area is 126 Å². The molecule has 3 N–H and O–H groups in total. The highest BCUT2D eigenvalue weighted by Crippen LogP contribution is 2.25. The first-order valence-corrected chi connectivity index (χ1v) is 7.12. The van der Waals surface area contributed by atoms with Gasteiger partial charge in [-0.1, -0.05) is 23.5 Å². The summed E-state index contributed by atoms with van der Waals surface area (Å²) in [6.07, 6.45) is 0.644. The molecule has 2 rings (SSSR count). The summed E-state index contributed by atoms with van der Waals surface area (Å²) in [5, 5.41) is 11.6. The van der Waals surface area contributed by atoms with Gasteiger partial charge in [-0.2, -0.15) is 0 Å². The van der Waals surface area contributed by atoms with Crippen molar-refractivity contribution in [2.24, 2.45) is 5.73 Å². The third kappa shape index (κ3) is 4.40. The third-order valence-electron chi connectivity index (χ3n) is 2.50. The number of amides is 1. The van der Waals surface area contributed by atoms with Crippen LogP contribution in [-0.4, -0.2) is 36.4 Å². The second-order valence-corrected chi connectivity index (χ2v) is 5.09. The Morgan fingerprint density at radius 3 is 2.81 bits per heavy atom. The fraction of sp³-hybridized carbons (Fsp3) is 0.308. The van der Waals surface area contributed by atoms with Gasteiger partial charge in [-0.25, -0.2) is 0 Å². The van der Waals surface area contributed by atoms with Crippen LogP contribution in [0.25, 0.3) is 0 Å². The number of hydrogen-bond acceptors (Lipinski definition) is 7. The molecule has 0 aliphatic carbocycles. The van der Waals surface area contributed by atoms with Gasteiger partial charge in [0, 0.05) is 6.42 Å². The Hall–Kier alpha value is -2.19. The van der Waals surface area contributed by atoms with Crippen molar-refractivity contribution in [1.29, 1.82) is 0 Å². The minimum Gasteiger partial charge on any atom is -0.493 e. The molecule has 0 spiro atoms. The Balaban J connectivity index is 1.86. The van der Waals surface area contributed by atoms with Crippen LogP contribution >= 0.6 is 11.3 Å². The van der Waals surface area contributed by atoms with Crippen molar-refractivity contribution >= 4 is 22.4 Å². The Bertz CT molecular complexity index is 603. The number of hydrogen-bond donors (Lipinski definition) is 2. The molecule has 1 aromatic heterocycles. The molecule has 0 saturated carbocycles. The molecule has 1 heterocycles. The number of rotatable bonds is 7. The minimum atomic E-state index is -0.309. The topological polar surface area (TPSA) is 99.4 Å². The van der Waals surface area contributed by atoms with Crippen molar-refractivity contribution in [2.75, 3.05) is 25.6 Å². The number of anilines is 1. The zero-order valence-corrected chi connectivity index (χ0v) is 12.4. The fourth-order valence-corrected chi connectivity index (χ4v) is 2.34. The molecule has 8 heteroatoms. The number of benzene rings is 1. The second-order valence-electron chi connectivity index (χ2n) is 4.03. The van der Waals surface area contributed by atoms with Crippen molar-refractivity contribution in [3.8, 4) is 11.5 Å². The largest absolute Gasteiger partial charge is 0.493 e. The summed E-state index contributed by atoms with van der Waals surface area (Å²) in [6.45, 7) is 0.367. The van der Waals surface area contributed by atoms with Crippen LogP contribution < -0.4 is 20.5 Å². The molecule has 21 heavy (non-hydrogen) atoms. The predicted molar refractivity (Wildman–Crippen MR) is 79.8 cm³/mol. The van der Waals surface area contributed by atoms with Gasteiger partial charge in [0.25, 0.3) is 5.91 Å². The molecule has 0 bridgehead atoms. The van der Waals surface area contributed by atoms with Gasteiger partial charge in [-0.05, 0) is 18.7 Å². The lowest BCUT2D eigenvalue weighted by atomic mass is 10.3. The maximum atomic E-state index is 11.8.